The van der Waals surface area contributed by atoms with Crippen LogP contribution in [-0.4, -0.2) is 65.0 Å². The van der Waals surface area contributed by atoms with Gasteiger partial charge >= 0.3 is 6.09 Å². The Morgan fingerprint density at radius 3 is 2.54 bits per heavy atom. The van der Waals surface area contributed by atoms with Crippen LogP contribution in [0.1, 0.15) is 47.5 Å². The fourth-order valence-electron chi connectivity index (χ4n) is 3.18. The van der Waals surface area contributed by atoms with Gasteiger partial charge in [-0.1, -0.05) is 0 Å². The van der Waals surface area contributed by atoms with Gasteiger partial charge in [-0.05, 0) is 47.5 Å². The molecule has 0 aliphatic carbocycles. The van der Waals surface area contributed by atoms with E-state index < -0.39 is 11.1 Å². The minimum absolute atomic E-state index is 0.0527. The topological polar surface area (TPSA) is 79.0 Å². The first-order valence-electron chi connectivity index (χ1n) is 8.60. The van der Waals surface area contributed by atoms with E-state index in [1.54, 1.807) is 23.6 Å². The molecule has 0 aromatic carbocycles. The lowest BCUT2D eigenvalue weighted by molar-refractivity contribution is -0.153. The van der Waals surface area contributed by atoms with Gasteiger partial charge in [-0.3, -0.25) is 9.59 Å². The van der Waals surface area contributed by atoms with Gasteiger partial charge in [0.2, 0.25) is 11.8 Å². The molecule has 2 heterocycles. The lowest BCUT2D eigenvalue weighted by Crippen LogP contribution is -2.65. The fourth-order valence-corrected chi connectivity index (χ4v) is 3.18. The number of carbonyl (C=O) groups is 3. The number of rotatable bonds is 1. The third-order valence-corrected chi connectivity index (χ3v) is 4.54. The average Bonchev–Trinajstić information content (AvgIpc) is 2.48. The summed E-state index contributed by atoms with van der Waals surface area (Å²) < 4.78 is 5.41. The number of carbonyl (C=O) groups excluding carboxylic acids is 3. The first-order valence-corrected chi connectivity index (χ1v) is 8.60. The average molecular weight is 339 g/mol. The van der Waals surface area contributed by atoms with E-state index in [1.807, 2.05) is 20.8 Å². The van der Waals surface area contributed by atoms with E-state index in [2.05, 4.69) is 5.32 Å². The van der Waals surface area contributed by atoms with Gasteiger partial charge in [0, 0.05) is 26.2 Å². The highest BCUT2D eigenvalue weighted by Crippen LogP contribution is 2.26. The minimum Gasteiger partial charge on any atom is -0.444 e. The molecule has 0 radical (unpaired) electrons. The second-order valence-electron chi connectivity index (χ2n) is 8.07. The number of ether oxygens (including phenoxy) is 1. The maximum absolute atomic E-state index is 12.9. The third kappa shape index (κ3) is 3.99. The minimum atomic E-state index is -0.858. The second-order valence-corrected chi connectivity index (χ2v) is 8.07. The van der Waals surface area contributed by atoms with Crippen LogP contribution in [0.15, 0.2) is 0 Å². The van der Waals surface area contributed by atoms with Gasteiger partial charge < -0.3 is 19.9 Å². The van der Waals surface area contributed by atoms with Crippen LogP contribution >= 0.6 is 0 Å². The monoisotopic (exact) mass is 339 g/mol. The Labute approximate surface area is 143 Å². The van der Waals surface area contributed by atoms with E-state index >= 15 is 0 Å². The SMILES string of the molecule is CC(C)(C)OC(=O)N1CCC[C@H](C(=O)N2CCNC(=O)C2(C)C)C1. The summed E-state index contributed by atoms with van der Waals surface area (Å²) in [6.45, 7) is 10.9. The molecule has 136 valence electrons. The van der Waals surface area contributed by atoms with Crippen LogP contribution in [-0.2, 0) is 14.3 Å². The van der Waals surface area contributed by atoms with Gasteiger partial charge in [-0.15, -0.1) is 0 Å². The summed E-state index contributed by atoms with van der Waals surface area (Å²) in [4.78, 5) is 40.5. The zero-order valence-electron chi connectivity index (χ0n) is 15.3. The fraction of sp³-hybridized carbons (Fsp3) is 0.824. The molecule has 2 aliphatic rings. The molecule has 0 spiro atoms. The molecule has 7 heteroatoms. The van der Waals surface area contributed by atoms with Crippen LogP contribution in [0.4, 0.5) is 4.79 Å². The normalized spacial score (nSPS) is 24.4. The van der Waals surface area contributed by atoms with Gasteiger partial charge in [-0.2, -0.15) is 0 Å². The smallest absolute Gasteiger partial charge is 0.410 e. The van der Waals surface area contributed by atoms with Crippen molar-refractivity contribution in [2.75, 3.05) is 26.2 Å². The number of nitrogens with one attached hydrogen (secondary N) is 1. The van der Waals surface area contributed by atoms with E-state index in [0.717, 1.165) is 12.8 Å². The van der Waals surface area contributed by atoms with Crippen LogP contribution in [0.2, 0.25) is 0 Å². The highest BCUT2D eigenvalue weighted by Gasteiger charge is 2.43. The van der Waals surface area contributed by atoms with Gasteiger partial charge in [0.1, 0.15) is 11.1 Å². The standard InChI is InChI=1S/C17H29N3O4/c1-16(2,3)24-15(23)19-9-6-7-12(11-19)13(21)20-10-8-18-14(22)17(20,4)5/h12H,6-11H2,1-5H3,(H,18,22)/t12-/m0/s1. The van der Waals surface area contributed by atoms with Gasteiger partial charge in [0.05, 0.1) is 5.92 Å². The van der Waals surface area contributed by atoms with Crippen molar-refractivity contribution in [3.05, 3.63) is 0 Å². The quantitative estimate of drug-likeness (QED) is 0.782. The highest BCUT2D eigenvalue weighted by atomic mass is 16.6. The van der Waals surface area contributed by atoms with Crippen molar-refractivity contribution in [3.63, 3.8) is 0 Å². The summed E-state index contributed by atoms with van der Waals surface area (Å²) >= 11 is 0. The molecule has 1 N–H and O–H groups in total. The first-order chi connectivity index (χ1) is 11.0. The molecular formula is C17H29N3O4. The van der Waals surface area contributed by atoms with E-state index in [9.17, 15) is 14.4 Å². The number of piperazine rings is 1. The second kappa shape index (κ2) is 6.61. The van der Waals surface area contributed by atoms with Crippen molar-refractivity contribution in [3.8, 4) is 0 Å². The predicted molar refractivity (Wildman–Crippen MR) is 89.3 cm³/mol. The molecule has 0 saturated carbocycles. The lowest BCUT2D eigenvalue weighted by atomic mass is 9.92. The first kappa shape index (κ1) is 18.5. The van der Waals surface area contributed by atoms with Crippen molar-refractivity contribution in [2.24, 2.45) is 5.92 Å². The number of nitrogens with zero attached hydrogens (tertiary/aromatic N) is 2. The van der Waals surface area contributed by atoms with Crippen molar-refractivity contribution in [2.45, 2.75) is 58.6 Å². The summed E-state index contributed by atoms with van der Waals surface area (Å²) in [7, 11) is 0. The highest BCUT2D eigenvalue weighted by molar-refractivity contribution is 5.92. The van der Waals surface area contributed by atoms with E-state index in [1.165, 1.54) is 0 Å². The zero-order valence-corrected chi connectivity index (χ0v) is 15.3. The van der Waals surface area contributed by atoms with Crippen LogP contribution in [0, 0.1) is 5.92 Å². The Kier molecular flexibility index (Phi) is 5.11. The van der Waals surface area contributed by atoms with E-state index in [4.69, 9.17) is 4.74 Å². The molecule has 0 unspecified atom stereocenters. The third-order valence-electron chi connectivity index (χ3n) is 4.54. The predicted octanol–water partition coefficient (Wildman–Crippen LogP) is 1.37. The molecule has 7 nitrogen and oxygen atoms in total. The summed E-state index contributed by atoms with van der Waals surface area (Å²) in [6.07, 6.45) is 1.11. The number of hydrogen-bond acceptors (Lipinski definition) is 4. The molecule has 2 rings (SSSR count). The molecule has 3 amide bonds. The van der Waals surface area contributed by atoms with Crippen molar-refractivity contribution < 1.29 is 19.1 Å². The maximum Gasteiger partial charge on any atom is 0.410 e. The number of amides is 3. The molecule has 0 bridgehead atoms. The van der Waals surface area contributed by atoms with Crippen molar-refractivity contribution >= 4 is 17.9 Å². The molecule has 0 aromatic rings. The van der Waals surface area contributed by atoms with Crippen LogP contribution in [0.25, 0.3) is 0 Å². The number of hydrogen-bond donors (Lipinski definition) is 1. The Morgan fingerprint density at radius 2 is 1.92 bits per heavy atom. The Balaban J connectivity index is 2.05. The van der Waals surface area contributed by atoms with Crippen LogP contribution in [0.3, 0.4) is 0 Å². The lowest BCUT2D eigenvalue weighted by Gasteiger charge is -2.44. The molecule has 0 aromatic heterocycles. The summed E-state index contributed by atoms with van der Waals surface area (Å²) in [5.41, 5.74) is -1.41. The molecule has 24 heavy (non-hydrogen) atoms. The Morgan fingerprint density at radius 1 is 1.25 bits per heavy atom. The molecule has 2 saturated heterocycles. The zero-order chi connectivity index (χ0) is 18.1. The van der Waals surface area contributed by atoms with Crippen molar-refractivity contribution in [1.29, 1.82) is 0 Å². The Bertz CT molecular complexity index is 524. The molecule has 1 atom stereocenters. The van der Waals surface area contributed by atoms with E-state index in [0.29, 0.717) is 26.2 Å². The van der Waals surface area contributed by atoms with Gasteiger partial charge in [0.15, 0.2) is 0 Å². The van der Waals surface area contributed by atoms with E-state index in [-0.39, 0.29) is 23.8 Å². The van der Waals surface area contributed by atoms with Crippen molar-refractivity contribution in [1.82, 2.24) is 15.1 Å². The van der Waals surface area contributed by atoms with Crippen LogP contribution < -0.4 is 5.32 Å². The number of piperidine rings is 1. The van der Waals surface area contributed by atoms with Crippen LogP contribution in [0.5, 0.6) is 0 Å². The summed E-state index contributed by atoms with van der Waals surface area (Å²) in [5, 5.41) is 2.80. The largest absolute Gasteiger partial charge is 0.444 e. The van der Waals surface area contributed by atoms with Gasteiger partial charge in [-0.25, -0.2) is 4.79 Å². The van der Waals surface area contributed by atoms with Gasteiger partial charge in [0.25, 0.3) is 0 Å². The Hall–Kier alpha value is -1.79. The maximum atomic E-state index is 12.9. The number of likely N-dealkylation sites (tertiary alicyclic amines) is 1. The molecule has 2 aliphatic heterocycles. The molecule has 2 fully saturated rings. The molecular weight excluding hydrogens is 310 g/mol. The summed E-state index contributed by atoms with van der Waals surface area (Å²) in [6, 6.07) is 0. The summed E-state index contributed by atoms with van der Waals surface area (Å²) in [5.74, 6) is -0.471.